The number of para-hydroxylation sites is 1. The Bertz CT molecular complexity index is 345. The lowest BCUT2D eigenvalue weighted by Crippen LogP contribution is -2.26. The monoisotopic (exact) mass is 266 g/mol. The molecule has 0 radical (unpaired) electrons. The molecule has 0 saturated carbocycles. The first kappa shape index (κ1) is 16.0. The van der Waals surface area contributed by atoms with Crippen LogP contribution in [0.4, 0.5) is 0 Å². The number of ether oxygens (including phenoxy) is 2. The van der Waals surface area contributed by atoms with Crippen LogP contribution in [0.15, 0.2) is 24.3 Å². The summed E-state index contributed by atoms with van der Waals surface area (Å²) in [6, 6.07) is 8.17. The molecule has 1 N–H and O–H groups in total. The van der Waals surface area contributed by atoms with Gasteiger partial charge in [-0.2, -0.15) is 0 Å². The molecule has 0 unspecified atom stereocenters. The zero-order valence-corrected chi connectivity index (χ0v) is 12.3. The Labute approximate surface area is 116 Å². The molecular weight excluding hydrogens is 240 g/mol. The molecule has 19 heavy (non-hydrogen) atoms. The lowest BCUT2D eigenvalue weighted by Gasteiger charge is -2.17. The molecule has 1 aromatic carbocycles. The van der Waals surface area contributed by atoms with E-state index in [0.29, 0.717) is 6.61 Å². The van der Waals surface area contributed by atoms with Gasteiger partial charge in [0.15, 0.2) is 0 Å². The van der Waals surface area contributed by atoms with Crippen molar-refractivity contribution >= 4 is 0 Å². The fraction of sp³-hybridized carbons (Fsp3) is 0.600. The van der Waals surface area contributed by atoms with E-state index in [1.165, 1.54) is 5.56 Å². The molecule has 0 fully saturated rings. The first-order valence-electron chi connectivity index (χ1n) is 6.80. The van der Waals surface area contributed by atoms with Crippen molar-refractivity contribution in [2.24, 2.45) is 0 Å². The molecule has 4 heteroatoms. The normalized spacial score (nSPS) is 10.9. The summed E-state index contributed by atoms with van der Waals surface area (Å²) in [5.41, 5.74) is 1.20. The Kier molecular flexibility index (Phi) is 8.21. The van der Waals surface area contributed by atoms with E-state index in [1.54, 1.807) is 7.11 Å². The minimum Gasteiger partial charge on any atom is -0.492 e. The fourth-order valence-electron chi connectivity index (χ4n) is 1.88. The highest BCUT2D eigenvalue weighted by molar-refractivity contribution is 5.33. The summed E-state index contributed by atoms with van der Waals surface area (Å²) in [7, 11) is 5.79. The molecule has 4 nitrogen and oxygen atoms in total. The minimum absolute atomic E-state index is 0.713. The molecule has 0 atom stereocenters. The predicted molar refractivity (Wildman–Crippen MR) is 78.7 cm³/mol. The first-order chi connectivity index (χ1) is 9.27. The number of hydrogen-bond acceptors (Lipinski definition) is 4. The summed E-state index contributed by atoms with van der Waals surface area (Å²) in [4.78, 5) is 2.26. The van der Waals surface area contributed by atoms with Crippen molar-refractivity contribution in [2.45, 2.75) is 13.0 Å². The smallest absolute Gasteiger partial charge is 0.123 e. The fourth-order valence-corrected chi connectivity index (χ4v) is 1.88. The Morgan fingerprint density at radius 1 is 1.16 bits per heavy atom. The maximum atomic E-state index is 5.85. The van der Waals surface area contributed by atoms with Gasteiger partial charge in [0, 0.05) is 38.9 Å². The van der Waals surface area contributed by atoms with Crippen molar-refractivity contribution in [3.8, 4) is 5.75 Å². The Hall–Kier alpha value is -1.10. The minimum atomic E-state index is 0.713. The van der Waals surface area contributed by atoms with Crippen molar-refractivity contribution in [3.05, 3.63) is 29.8 Å². The lowest BCUT2D eigenvalue weighted by molar-refractivity contribution is 0.171. The molecule has 0 spiro atoms. The van der Waals surface area contributed by atoms with Gasteiger partial charge < -0.3 is 19.7 Å². The van der Waals surface area contributed by atoms with Gasteiger partial charge in [-0.05, 0) is 26.6 Å². The highest BCUT2D eigenvalue weighted by Gasteiger charge is 2.03. The average Bonchev–Trinajstić information content (AvgIpc) is 2.41. The van der Waals surface area contributed by atoms with E-state index in [0.717, 1.165) is 38.4 Å². The Morgan fingerprint density at radius 2 is 1.95 bits per heavy atom. The predicted octanol–water partition coefficient (Wildman–Crippen LogP) is 1.75. The quantitative estimate of drug-likeness (QED) is 0.654. The molecule has 1 rings (SSSR count). The van der Waals surface area contributed by atoms with Crippen LogP contribution in [-0.4, -0.2) is 52.4 Å². The van der Waals surface area contributed by atoms with E-state index < -0.39 is 0 Å². The van der Waals surface area contributed by atoms with Crippen molar-refractivity contribution in [3.63, 3.8) is 0 Å². The third-order valence-electron chi connectivity index (χ3n) is 2.96. The number of methoxy groups -OCH3 is 1. The summed E-state index contributed by atoms with van der Waals surface area (Å²) in [5, 5.41) is 3.15. The summed E-state index contributed by atoms with van der Waals surface area (Å²) in [6.07, 6.45) is 1.06. The van der Waals surface area contributed by atoms with E-state index in [9.17, 15) is 0 Å². The third kappa shape index (κ3) is 6.57. The highest BCUT2D eigenvalue weighted by Crippen LogP contribution is 2.17. The second kappa shape index (κ2) is 9.78. The number of benzene rings is 1. The molecule has 0 aliphatic carbocycles. The van der Waals surface area contributed by atoms with Gasteiger partial charge in [-0.25, -0.2) is 0 Å². The van der Waals surface area contributed by atoms with Crippen LogP contribution >= 0.6 is 0 Å². The summed E-state index contributed by atoms with van der Waals surface area (Å²) in [5.74, 6) is 0.974. The van der Waals surface area contributed by atoms with Crippen molar-refractivity contribution < 1.29 is 9.47 Å². The van der Waals surface area contributed by atoms with E-state index in [-0.39, 0.29) is 0 Å². The first-order valence-corrected chi connectivity index (χ1v) is 6.80. The number of nitrogens with one attached hydrogen (secondary N) is 1. The summed E-state index contributed by atoms with van der Waals surface area (Å²) < 4.78 is 10.9. The van der Waals surface area contributed by atoms with Gasteiger partial charge in [0.25, 0.3) is 0 Å². The number of rotatable bonds is 10. The van der Waals surface area contributed by atoms with Crippen LogP contribution < -0.4 is 10.1 Å². The van der Waals surface area contributed by atoms with Gasteiger partial charge in [0.1, 0.15) is 12.4 Å². The van der Waals surface area contributed by atoms with E-state index in [1.807, 2.05) is 25.2 Å². The van der Waals surface area contributed by atoms with Crippen LogP contribution in [0, 0.1) is 0 Å². The zero-order valence-electron chi connectivity index (χ0n) is 12.3. The number of hydrogen-bond donors (Lipinski definition) is 1. The van der Waals surface area contributed by atoms with Gasteiger partial charge in [-0.3, -0.25) is 0 Å². The largest absolute Gasteiger partial charge is 0.492 e. The van der Waals surface area contributed by atoms with Gasteiger partial charge in [0.05, 0.1) is 0 Å². The molecule has 0 saturated heterocycles. The van der Waals surface area contributed by atoms with Crippen molar-refractivity contribution in [2.75, 3.05) is 47.5 Å². The van der Waals surface area contributed by atoms with E-state index in [2.05, 4.69) is 23.3 Å². The SMILES string of the molecule is CNCc1ccccc1OCCN(C)CCCOC. The number of nitrogens with zero attached hydrogens (tertiary/aromatic N) is 1. The van der Waals surface area contributed by atoms with Crippen LogP contribution in [0.25, 0.3) is 0 Å². The van der Waals surface area contributed by atoms with Crippen LogP contribution in [0.2, 0.25) is 0 Å². The Morgan fingerprint density at radius 3 is 2.68 bits per heavy atom. The van der Waals surface area contributed by atoms with Crippen LogP contribution in [0.1, 0.15) is 12.0 Å². The number of likely N-dealkylation sites (N-methyl/N-ethyl adjacent to an activating group) is 1. The maximum absolute atomic E-state index is 5.85. The zero-order chi connectivity index (χ0) is 13.9. The molecule has 0 aliphatic heterocycles. The summed E-state index contributed by atoms with van der Waals surface area (Å²) in [6.45, 7) is 4.33. The van der Waals surface area contributed by atoms with Crippen molar-refractivity contribution in [1.29, 1.82) is 0 Å². The standard InChI is InChI=1S/C15H26N2O2/c1-16-13-14-7-4-5-8-15(14)19-12-10-17(2)9-6-11-18-3/h4-5,7-8,16H,6,9-13H2,1-3H3. The average molecular weight is 266 g/mol. The third-order valence-corrected chi connectivity index (χ3v) is 2.96. The van der Waals surface area contributed by atoms with Gasteiger partial charge in [-0.1, -0.05) is 18.2 Å². The molecular formula is C15H26N2O2. The van der Waals surface area contributed by atoms with Gasteiger partial charge in [0.2, 0.25) is 0 Å². The molecule has 1 aromatic rings. The Balaban J connectivity index is 2.28. The summed E-state index contributed by atoms with van der Waals surface area (Å²) >= 11 is 0. The van der Waals surface area contributed by atoms with Crippen LogP contribution in [0.3, 0.4) is 0 Å². The topological polar surface area (TPSA) is 33.7 Å². The van der Waals surface area contributed by atoms with Crippen LogP contribution in [0.5, 0.6) is 5.75 Å². The van der Waals surface area contributed by atoms with Crippen molar-refractivity contribution in [1.82, 2.24) is 10.2 Å². The molecule has 0 heterocycles. The van der Waals surface area contributed by atoms with Gasteiger partial charge in [-0.15, -0.1) is 0 Å². The lowest BCUT2D eigenvalue weighted by atomic mass is 10.2. The van der Waals surface area contributed by atoms with E-state index in [4.69, 9.17) is 9.47 Å². The molecule has 0 amide bonds. The van der Waals surface area contributed by atoms with Gasteiger partial charge >= 0.3 is 0 Å². The van der Waals surface area contributed by atoms with E-state index >= 15 is 0 Å². The second-order valence-electron chi connectivity index (χ2n) is 4.64. The second-order valence-corrected chi connectivity index (χ2v) is 4.64. The molecule has 108 valence electrons. The maximum Gasteiger partial charge on any atom is 0.123 e. The molecule has 0 aromatic heterocycles. The molecule has 0 aliphatic rings. The highest BCUT2D eigenvalue weighted by atomic mass is 16.5. The van der Waals surface area contributed by atoms with Crippen LogP contribution in [-0.2, 0) is 11.3 Å². The molecule has 0 bridgehead atoms.